The molecule has 3 aromatic rings. The Morgan fingerprint density at radius 3 is 2.62 bits per heavy atom. The molecule has 0 saturated heterocycles. The Kier molecular flexibility index (Phi) is 8.61. The normalized spacial score (nSPS) is 19.6. The van der Waals surface area contributed by atoms with Gasteiger partial charge in [-0.25, -0.2) is 13.2 Å². The maximum atomic E-state index is 13.8. The second-order valence-electron chi connectivity index (χ2n) is 11.7. The average Bonchev–Trinajstić information content (AvgIpc) is 3.43. The van der Waals surface area contributed by atoms with Gasteiger partial charge in [-0.1, -0.05) is 13.8 Å². The molecule has 1 atom stereocenters. The minimum atomic E-state index is -3.98. The predicted molar refractivity (Wildman–Crippen MR) is 157 cm³/mol. The number of sulfonamides is 1. The molecule has 0 fully saturated rings. The number of aromatic nitrogens is 3. The van der Waals surface area contributed by atoms with Crippen LogP contribution in [0.25, 0.3) is 11.1 Å². The molecule has 1 aliphatic heterocycles. The van der Waals surface area contributed by atoms with Gasteiger partial charge in [0.25, 0.3) is 5.91 Å². The fraction of sp³-hybridized carbons (Fsp3) is 0.586. The van der Waals surface area contributed by atoms with Gasteiger partial charge in [0, 0.05) is 70.1 Å². The van der Waals surface area contributed by atoms with Crippen molar-refractivity contribution in [2.45, 2.75) is 69.7 Å². The predicted octanol–water partition coefficient (Wildman–Crippen LogP) is 2.20. The third-order valence-corrected chi connectivity index (χ3v) is 10.3. The number of oxazole rings is 1. The molecule has 1 unspecified atom stereocenters. The van der Waals surface area contributed by atoms with E-state index in [1.807, 2.05) is 11.9 Å². The largest absolute Gasteiger partial charge is 0.419 e. The lowest BCUT2D eigenvalue weighted by Gasteiger charge is -2.35. The van der Waals surface area contributed by atoms with E-state index in [4.69, 9.17) is 4.42 Å². The van der Waals surface area contributed by atoms with E-state index in [1.54, 1.807) is 17.8 Å². The Bertz CT molecular complexity index is 1650. The van der Waals surface area contributed by atoms with Gasteiger partial charge in [0.1, 0.15) is 0 Å². The number of rotatable bonds is 5. The zero-order chi connectivity index (χ0) is 30.2. The van der Waals surface area contributed by atoms with Crippen LogP contribution in [-0.4, -0.2) is 76.0 Å². The maximum Gasteiger partial charge on any atom is 0.419 e. The lowest BCUT2D eigenvalue weighted by molar-refractivity contribution is -0.134. The second kappa shape index (κ2) is 12.0. The minimum Gasteiger partial charge on any atom is -0.408 e. The molecule has 5 rings (SSSR count). The smallest absolute Gasteiger partial charge is 0.408 e. The molecule has 0 saturated carbocycles. The van der Waals surface area contributed by atoms with Crippen molar-refractivity contribution in [1.29, 1.82) is 0 Å². The summed E-state index contributed by atoms with van der Waals surface area (Å²) in [6, 6.07) is 4.33. The van der Waals surface area contributed by atoms with Crippen molar-refractivity contribution in [1.82, 2.24) is 28.9 Å². The van der Waals surface area contributed by atoms with Gasteiger partial charge in [0.2, 0.25) is 15.9 Å². The summed E-state index contributed by atoms with van der Waals surface area (Å²) in [5, 5.41) is 7.45. The Labute approximate surface area is 245 Å². The van der Waals surface area contributed by atoms with E-state index in [9.17, 15) is 22.8 Å². The fourth-order valence-corrected chi connectivity index (χ4v) is 7.53. The molecule has 12 nitrogen and oxygen atoms in total. The summed E-state index contributed by atoms with van der Waals surface area (Å²) in [5.41, 5.74) is 2.99. The second-order valence-corrected chi connectivity index (χ2v) is 13.7. The van der Waals surface area contributed by atoms with Crippen molar-refractivity contribution in [2.24, 2.45) is 20.0 Å². The number of fused-ring (bicyclic) bond motifs is 2. The van der Waals surface area contributed by atoms with Crippen LogP contribution in [0.5, 0.6) is 0 Å². The molecule has 1 aliphatic carbocycles. The quantitative estimate of drug-likeness (QED) is 0.474. The lowest BCUT2D eigenvalue weighted by Crippen LogP contribution is -2.45. The highest BCUT2D eigenvalue weighted by molar-refractivity contribution is 7.89. The van der Waals surface area contributed by atoms with Crippen LogP contribution >= 0.6 is 0 Å². The highest BCUT2D eigenvalue weighted by Gasteiger charge is 2.34. The number of hydrogen-bond acceptors (Lipinski definition) is 7. The minimum absolute atomic E-state index is 0.00121. The van der Waals surface area contributed by atoms with Gasteiger partial charge in [-0.15, -0.1) is 0 Å². The van der Waals surface area contributed by atoms with Gasteiger partial charge in [-0.3, -0.25) is 18.8 Å². The molecule has 2 amide bonds. The summed E-state index contributed by atoms with van der Waals surface area (Å²) in [5.74, 6) is -0.448. The Morgan fingerprint density at radius 2 is 1.86 bits per heavy atom. The van der Waals surface area contributed by atoms with E-state index in [-0.39, 0.29) is 54.4 Å². The van der Waals surface area contributed by atoms with Crippen molar-refractivity contribution in [2.75, 3.05) is 26.2 Å². The van der Waals surface area contributed by atoms with E-state index in [0.29, 0.717) is 42.9 Å². The monoisotopic (exact) mass is 600 g/mol. The van der Waals surface area contributed by atoms with Crippen molar-refractivity contribution in [3.05, 3.63) is 45.7 Å². The summed E-state index contributed by atoms with van der Waals surface area (Å²) in [4.78, 5) is 40.8. The summed E-state index contributed by atoms with van der Waals surface area (Å²) in [6.07, 6.45) is 3.91. The molecular formula is C29H40N6O6S. The van der Waals surface area contributed by atoms with Crippen molar-refractivity contribution in [3.8, 4) is 0 Å². The third kappa shape index (κ3) is 5.89. The average molecular weight is 601 g/mol. The summed E-state index contributed by atoms with van der Waals surface area (Å²) < 4.78 is 37.2. The maximum absolute atomic E-state index is 13.8. The number of benzene rings is 1. The fourth-order valence-electron chi connectivity index (χ4n) is 5.99. The van der Waals surface area contributed by atoms with Crippen molar-refractivity contribution in [3.63, 3.8) is 0 Å². The first kappa shape index (κ1) is 30.0. The molecule has 2 aliphatic rings. The highest BCUT2D eigenvalue weighted by atomic mass is 32.2. The number of amides is 2. The van der Waals surface area contributed by atoms with Crippen LogP contribution in [0.2, 0.25) is 0 Å². The number of nitrogens with zero attached hydrogens (tertiary/aromatic N) is 5. The molecule has 2 aromatic heterocycles. The molecule has 0 radical (unpaired) electrons. The zero-order valence-electron chi connectivity index (χ0n) is 24.8. The number of hydrogen-bond donors (Lipinski definition) is 1. The van der Waals surface area contributed by atoms with E-state index < -0.39 is 15.8 Å². The van der Waals surface area contributed by atoms with Crippen LogP contribution in [0.15, 0.2) is 32.3 Å². The Hall–Kier alpha value is -3.45. The summed E-state index contributed by atoms with van der Waals surface area (Å²) in [6.45, 7) is 5.43. The van der Waals surface area contributed by atoms with Gasteiger partial charge < -0.3 is 14.6 Å². The van der Waals surface area contributed by atoms with Gasteiger partial charge in [0.05, 0.1) is 10.4 Å². The number of carbonyl (C=O) groups excluding carboxylic acids is 2. The first-order valence-electron chi connectivity index (χ1n) is 14.7. The third-order valence-electron chi connectivity index (χ3n) is 8.42. The van der Waals surface area contributed by atoms with E-state index in [2.05, 4.69) is 24.3 Å². The molecule has 42 heavy (non-hydrogen) atoms. The molecule has 2 bridgehead atoms. The molecule has 3 heterocycles. The highest BCUT2D eigenvalue weighted by Crippen LogP contribution is 2.29. The molecule has 228 valence electrons. The summed E-state index contributed by atoms with van der Waals surface area (Å²) >= 11 is 0. The standard InChI is InChI=1S/C29H40N6O6S/c1-19(2)12-16-35-20-8-10-23-22(17-20)27(31-33(23)4)28(37)30-13-6-15-34(14-5-7-26(35)36)42(39,40)21-9-11-24-25(18-21)41-29(38)32(24)3/h9,11,18-20H,5-8,10,12-17H2,1-4H3,(H,30,37). The van der Waals surface area contributed by atoms with E-state index in [0.717, 1.165) is 30.5 Å². The topological polar surface area (TPSA) is 140 Å². The first-order chi connectivity index (χ1) is 20.0. The number of aryl methyl sites for hydroxylation is 2. The van der Waals surface area contributed by atoms with Crippen molar-refractivity contribution < 1.29 is 22.4 Å². The van der Waals surface area contributed by atoms with E-state index >= 15 is 0 Å². The molecule has 13 heteroatoms. The van der Waals surface area contributed by atoms with Crippen molar-refractivity contribution >= 4 is 32.9 Å². The SMILES string of the molecule is CC(C)CCN1C(=O)CCCN(S(=O)(=O)c2ccc3c(c2)oc(=O)n3C)CCCNC(=O)c2nn(C)c3c2CC1CC3. The zero-order valence-corrected chi connectivity index (χ0v) is 25.6. The van der Waals surface area contributed by atoms with Crippen LogP contribution < -0.4 is 11.1 Å². The molecule has 0 spiro atoms. The molecular weight excluding hydrogens is 560 g/mol. The number of carbonyl (C=O) groups is 2. The Balaban J connectivity index is 1.43. The van der Waals surface area contributed by atoms with Gasteiger partial charge in [-0.2, -0.15) is 9.40 Å². The first-order valence-corrected chi connectivity index (χ1v) is 16.1. The van der Waals surface area contributed by atoms with E-state index in [1.165, 1.54) is 21.0 Å². The van der Waals surface area contributed by atoms with Crippen LogP contribution in [0.1, 0.15) is 67.7 Å². The molecule has 1 N–H and O–H groups in total. The van der Waals surface area contributed by atoms with Gasteiger partial charge in [-0.05, 0) is 56.6 Å². The van der Waals surface area contributed by atoms with Crippen LogP contribution in [0.3, 0.4) is 0 Å². The number of nitrogens with one attached hydrogen (secondary N) is 1. The van der Waals surface area contributed by atoms with Gasteiger partial charge >= 0.3 is 5.76 Å². The Morgan fingerprint density at radius 1 is 1.10 bits per heavy atom. The van der Waals surface area contributed by atoms with Crippen LogP contribution in [-0.2, 0) is 41.8 Å². The molecule has 1 aromatic carbocycles. The van der Waals surface area contributed by atoms with Gasteiger partial charge in [0.15, 0.2) is 11.3 Å². The lowest BCUT2D eigenvalue weighted by atomic mass is 9.89. The summed E-state index contributed by atoms with van der Waals surface area (Å²) in [7, 11) is -0.578. The van der Waals surface area contributed by atoms with Crippen LogP contribution in [0.4, 0.5) is 0 Å². The van der Waals surface area contributed by atoms with Crippen LogP contribution in [0, 0.1) is 5.92 Å².